The van der Waals surface area contributed by atoms with Crippen LogP contribution in [0.3, 0.4) is 0 Å². The maximum absolute atomic E-state index is 12.2. The van der Waals surface area contributed by atoms with E-state index in [2.05, 4.69) is 26.6 Å². The fourth-order valence-corrected chi connectivity index (χ4v) is 3.41. The summed E-state index contributed by atoms with van der Waals surface area (Å²) >= 11 is 3.38. The van der Waals surface area contributed by atoms with E-state index in [-0.39, 0.29) is 24.3 Å². The molecule has 1 fully saturated rings. The van der Waals surface area contributed by atoms with Gasteiger partial charge < -0.3 is 15.5 Å². The first kappa shape index (κ1) is 19.1. The van der Waals surface area contributed by atoms with Gasteiger partial charge in [-0.2, -0.15) is 0 Å². The predicted molar refractivity (Wildman–Crippen MR) is 108 cm³/mol. The fraction of sp³-hybridized carbons (Fsp3) is 0.250. The number of aryl methyl sites for hydroxylation is 1. The highest BCUT2D eigenvalue weighted by Crippen LogP contribution is 2.22. The first-order chi connectivity index (χ1) is 12.9. The fourth-order valence-electron chi connectivity index (χ4n) is 2.94. The number of hydrogen-bond acceptors (Lipinski definition) is 3. The van der Waals surface area contributed by atoms with Gasteiger partial charge in [0, 0.05) is 34.4 Å². The molecule has 1 saturated heterocycles. The number of anilines is 2. The van der Waals surface area contributed by atoms with Gasteiger partial charge in [0.25, 0.3) is 5.91 Å². The average molecular weight is 430 g/mol. The van der Waals surface area contributed by atoms with Crippen molar-refractivity contribution in [1.82, 2.24) is 5.32 Å². The maximum Gasteiger partial charge on any atom is 0.251 e. The Morgan fingerprint density at radius 3 is 2.52 bits per heavy atom. The topological polar surface area (TPSA) is 78.5 Å². The van der Waals surface area contributed by atoms with Gasteiger partial charge in [-0.05, 0) is 61.4 Å². The third-order valence-electron chi connectivity index (χ3n) is 4.39. The number of amides is 3. The minimum absolute atomic E-state index is 0.104. The monoisotopic (exact) mass is 429 g/mol. The number of carbonyl (C=O) groups is 3. The largest absolute Gasteiger partial charge is 0.343 e. The lowest BCUT2D eigenvalue weighted by atomic mass is 10.2. The first-order valence-corrected chi connectivity index (χ1v) is 9.48. The van der Waals surface area contributed by atoms with Crippen LogP contribution in [0, 0.1) is 6.92 Å². The van der Waals surface area contributed by atoms with Crippen LogP contribution in [0.4, 0.5) is 11.4 Å². The molecule has 0 atom stereocenters. The van der Waals surface area contributed by atoms with E-state index in [4.69, 9.17) is 0 Å². The van der Waals surface area contributed by atoms with Crippen LogP contribution in [-0.4, -0.2) is 30.8 Å². The molecule has 0 saturated carbocycles. The summed E-state index contributed by atoms with van der Waals surface area (Å²) in [5.41, 5.74) is 2.86. The lowest BCUT2D eigenvalue weighted by Crippen LogP contribution is -2.33. The molecule has 2 aromatic carbocycles. The average Bonchev–Trinajstić information content (AvgIpc) is 3.08. The zero-order valence-corrected chi connectivity index (χ0v) is 16.5. The molecule has 6 nitrogen and oxygen atoms in total. The molecule has 2 aromatic rings. The van der Waals surface area contributed by atoms with Gasteiger partial charge >= 0.3 is 0 Å². The van der Waals surface area contributed by atoms with Gasteiger partial charge in [-0.1, -0.05) is 15.9 Å². The van der Waals surface area contributed by atoms with Crippen molar-refractivity contribution in [3.63, 3.8) is 0 Å². The maximum atomic E-state index is 12.2. The minimum Gasteiger partial charge on any atom is -0.343 e. The van der Waals surface area contributed by atoms with Gasteiger partial charge in [0.2, 0.25) is 11.8 Å². The standard InChI is InChI=1S/C20H20BrN3O3/c1-13-11-15(21)6-9-17(13)23-18(25)12-22-20(27)14-4-7-16(8-5-14)24-10-2-3-19(24)26/h4-9,11H,2-3,10,12H2,1H3,(H,22,27)(H,23,25). The molecule has 3 rings (SSSR count). The lowest BCUT2D eigenvalue weighted by molar-refractivity contribution is -0.117. The lowest BCUT2D eigenvalue weighted by Gasteiger charge is -2.15. The molecule has 2 N–H and O–H groups in total. The van der Waals surface area contributed by atoms with E-state index in [9.17, 15) is 14.4 Å². The summed E-state index contributed by atoms with van der Waals surface area (Å²) in [4.78, 5) is 37.8. The van der Waals surface area contributed by atoms with Gasteiger partial charge in [-0.15, -0.1) is 0 Å². The van der Waals surface area contributed by atoms with Crippen molar-refractivity contribution in [2.75, 3.05) is 23.3 Å². The van der Waals surface area contributed by atoms with Crippen LogP contribution in [0.5, 0.6) is 0 Å². The predicted octanol–water partition coefficient (Wildman–Crippen LogP) is 3.25. The molecule has 1 heterocycles. The van der Waals surface area contributed by atoms with E-state index in [0.717, 1.165) is 22.1 Å². The summed E-state index contributed by atoms with van der Waals surface area (Å²) in [5.74, 6) is -0.530. The summed E-state index contributed by atoms with van der Waals surface area (Å²) in [7, 11) is 0. The van der Waals surface area contributed by atoms with E-state index in [0.29, 0.717) is 24.2 Å². The highest BCUT2D eigenvalue weighted by molar-refractivity contribution is 9.10. The molecule has 0 unspecified atom stereocenters. The number of benzene rings is 2. The molecule has 7 heteroatoms. The molecular formula is C20H20BrN3O3. The summed E-state index contributed by atoms with van der Waals surface area (Å²) in [6.45, 7) is 2.48. The summed E-state index contributed by atoms with van der Waals surface area (Å²) in [6, 6.07) is 12.4. The van der Waals surface area contributed by atoms with Crippen molar-refractivity contribution in [3.8, 4) is 0 Å². The SMILES string of the molecule is Cc1cc(Br)ccc1NC(=O)CNC(=O)c1ccc(N2CCCC2=O)cc1. The second-order valence-corrected chi connectivity index (χ2v) is 7.30. The van der Waals surface area contributed by atoms with Gasteiger partial charge in [0.1, 0.15) is 0 Å². The van der Waals surface area contributed by atoms with Crippen molar-refractivity contribution < 1.29 is 14.4 Å². The summed E-state index contributed by atoms with van der Waals surface area (Å²) in [5, 5.41) is 5.38. The van der Waals surface area contributed by atoms with Crippen molar-refractivity contribution in [2.45, 2.75) is 19.8 Å². The van der Waals surface area contributed by atoms with Gasteiger partial charge in [0.05, 0.1) is 6.54 Å². The molecule has 3 amide bonds. The number of nitrogens with zero attached hydrogens (tertiary/aromatic N) is 1. The van der Waals surface area contributed by atoms with Crippen LogP contribution in [0.25, 0.3) is 0 Å². The zero-order chi connectivity index (χ0) is 19.4. The molecule has 1 aliphatic heterocycles. The second-order valence-electron chi connectivity index (χ2n) is 6.39. The second kappa shape index (κ2) is 8.35. The van der Waals surface area contributed by atoms with Crippen molar-refractivity contribution in [1.29, 1.82) is 0 Å². The molecular weight excluding hydrogens is 410 g/mol. The molecule has 0 bridgehead atoms. The molecule has 0 spiro atoms. The Balaban J connectivity index is 1.54. The summed E-state index contributed by atoms with van der Waals surface area (Å²) in [6.07, 6.45) is 1.42. The normalized spacial score (nSPS) is 13.6. The smallest absolute Gasteiger partial charge is 0.251 e. The Labute approximate surface area is 166 Å². The van der Waals surface area contributed by atoms with Gasteiger partial charge in [-0.25, -0.2) is 0 Å². The number of rotatable bonds is 5. The van der Waals surface area contributed by atoms with Gasteiger partial charge in [0.15, 0.2) is 0 Å². The van der Waals surface area contributed by atoms with E-state index in [1.54, 1.807) is 35.2 Å². The van der Waals surface area contributed by atoms with E-state index >= 15 is 0 Å². The van der Waals surface area contributed by atoms with E-state index < -0.39 is 0 Å². The minimum atomic E-state index is -0.336. The van der Waals surface area contributed by atoms with E-state index in [1.165, 1.54) is 0 Å². The number of carbonyl (C=O) groups excluding carboxylic acids is 3. The Morgan fingerprint density at radius 2 is 1.89 bits per heavy atom. The van der Waals surface area contributed by atoms with Crippen LogP contribution < -0.4 is 15.5 Å². The third kappa shape index (κ3) is 4.74. The Morgan fingerprint density at radius 1 is 1.15 bits per heavy atom. The van der Waals surface area contributed by atoms with Crippen LogP contribution in [0.2, 0.25) is 0 Å². The van der Waals surface area contributed by atoms with Gasteiger partial charge in [-0.3, -0.25) is 14.4 Å². The quantitative estimate of drug-likeness (QED) is 0.765. The van der Waals surface area contributed by atoms with Crippen LogP contribution >= 0.6 is 15.9 Å². The van der Waals surface area contributed by atoms with Crippen molar-refractivity contribution in [3.05, 3.63) is 58.1 Å². The number of nitrogens with one attached hydrogen (secondary N) is 2. The van der Waals surface area contributed by atoms with Crippen molar-refractivity contribution >= 4 is 45.0 Å². The molecule has 140 valence electrons. The molecule has 1 aliphatic rings. The van der Waals surface area contributed by atoms with Crippen LogP contribution in [0.1, 0.15) is 28.8 Å². The molecule has 0 aromatic heterocycles. The zero-order valence-electron chi connectivity index (χ0n) is 14.9. The molecule has 27 heavy (non-hydrogen) atoms. The van der Waals surface area contributed by atoms with Crippen LogP contribution in [0.15, 0.2) is 46.9 Å². The third-order valence-corrected chi connectivity index (χ3v) is 4.88. The summed E-state index contributed by atoms with van der Waals surface area (Å²) < 4.78 is 0.936. The van der Waals surface area contributed by atoms with E-state index in [1.807, 2.05) is 19.1 Å². The van der Waals surface area contributed by atoms with Crippen LogP contribution in [-0.2, 0) is 9.59 Å². The van der Waals surface area contributed by atoms with Crippen molar-refractivity contribution in [2.24, 2.45) is 0 Å². The highest BCUT2D eigenvalue weighted by Gasteiger charge is 2.21. The first-order valence-electron chi connectivity index (χ1n) is 8.68. The number of hydrogen-bond donors (Lipinski definition) is 2. The number of halogens is 1. The Hall–Kier alpha value is -2.67. The Kier molecular flexibility index (Phi) is 5.91. The Bertz CT molecular complexity index is 881. The highest BCUT2D eigenvalue weighted by atomic mass is 79.9. The molecule has 0 radical (unpaired) electrons. The molecule has 0 aliphatic carbocycles.